The SMILES string of the molecule is O=C(O)C1C2C=CC(O2)C1C(=O)Nc1ccccc1Cl. The van der Waals surface area contributed by atoms with E-state index >= 15 is 0 Å². The molecule has 6 heteroatoms. The van der Waals surface area contributed by atoms with Gasteiger partial charge in [0.1, 0.15) is 5.92 Å². The lowest BCUT2D eigenvalue weighted by Gasteiger charge is -2.21. The largest absolute Gasteiger partial charge is 0.481 e. The third kappa shape index (κ3) is 2.09. The summed E-state index contributed by atoms with van der Waals surface area (Å²) in [7, 11) is 0. The first-order valence-corrected chi connectivity index (χ1v) is 6.57. The van der Waals surface area contributed by atoms with E-state index in [2.05, 4.69) is 5.32 Å². The highest BCUT2D eigenvalue weighted by molar-refractivity contribution is 6.33. The van der Waals surface area contributed by atoms with Crippen molar-refractivity contribution in [2.24, 2.45) is 11.8 Å². The number of carboxylic acids is 1. The minimum Gasteiger partial charge on any atom is -0.481 e. The molecular formula is C14H12ClNO4. The Morgan fingerprint density at radius 3 is 2.45 bits per heavy atom. The second-order valence-electron chi connectivity index (χ2n) is 4.81. The van der Waals surface area contributed by atoms with E-state index in [1.165, 1.54) is 0 Å². The Bertz CT molecular complexity index is 601. The Balaban J connectivity index is 1.82. The summed E-state index contributed by atoms with van der Waals surface area (Å²) in [5.74, 6) is -3.00. The molecule has 4 unspecified atom stereocenters. The van der Waals surface area contributed by atoms with E-state index in [0.29, 0.717) is 10.7 Å². The number of halogens is 1. The molecule has 2 aliphatic heterocycles. The number of aliphatic carboxylic acids is 1. The van der Waals surface area contributed by atoms with Gasteiger partial charge in [-0.25, -0.2) is 0 Å². The van der Waals surface area contributed by atoms with Crippen LogP contribution in [0.1, 0.15) is 0 Å². The lowest BCUT2D eigenvalue weighted by molar-refractivity contribution is -0.145. The summed E-state index contributed by atoms with van der Waals surface area (Å²) in [6.07, 6.45) is 2.42. The van der Waals surface area contributed by atoms with E-state index in [1.54, 1.807) is 36.4 Å². The van der Waals surface area contributed by atoms with Crippen LogP contribution in [0.25, 0.3) is 0 Å². The number of rotatable bonds is 3. The van der Waals surface area contributed by atoms with Crippen molar-refractivity contribution in [3.05, 3.63) is 41.4 Å². The van der Waals surface area contributed by atoms with Crippen molar-refractivity contribution in [2.75, 3.05) is 5.32 Å². The zero-order valence-corrected chi connectivity index (χ0v) is 11.1. The third-order valence-corrected chi connectivity index (χ3v) is 3.95. The third-order valence-electron chi connectivity index (χ3n) is 3.62. The molecule has 1 fully saturated rings. The highest BCUT2D eigenvalue weighted by Crippen LogP contribution is 2.40. The molecule has 0 spiro atoms. The topological polar surface area (TPSA) is 75.6 Å². The maximum absolute atomic E-state index is 12.3. The number of nitrogens with one attached hydrogen (secondary N) is 1. The van der Waals surface area contributed by atoms with Crippen LogP contribution in [0.2, 0.25) is 5.02 Å². The quantitative estimate of drug-likeness (QED) is 0.835. The van der Waals surface area contributed by atoms with Crippen molar-refractivity contribution in [3.63, 3.8) is 0 Å². The van der Waals surface area contributed by atoms with Gasteiger partial charge in [0.25, 0.3) is 0 Å². The van der Waals surface area contributed by atoms with Gasteiger partial charge >= 0.3 is 5.97 Å². The molecule has 20 heavy (non-hydrogen) atoms. The van der Waals surface area contributed by atoms with Gasteiger partial charge in [0.15, 0.2) is 0 Å². The molecule has 3 rings (SSSR count). The van der Waals surface area contributed by atoms with Gasteiger partial charge in [-0.1, -0.05) is 35.9 Å². The summed E-state index contributed by atoms with van der Waals surface area (Å²) in [4.78, 5) is 23.6. The van der Waals surface area contributed by atoms with E-state index in [4.69, 9.17) is 16.3 Å². The normalized spacial score (nSPS) is 30.4. The molecule has 1 amide bonds. The molecule has 0 saturated carbocycles. The van der Waals surface area contributed by atoms with E-state index in [0.717, 1.165) is 0 Å². The van der Waals surface area contributed by atoms with Gasteiger partial charge in [0, 0.05) is 0 Å². The molecule has 1 aromatic rings. The van der Waals surface area contributed by atoms with Gasteiger partial charge in [0.2, 0.25) is 5.91 Å². The van der Waals surface area contributed by atoms with E-state index in [9.17, 15) is 14.7 Å². The Morgan fingerprint density at radius 2 is 1.80 bits per heavy atom. The van der Waals surface area contributed by atoms with Crippen molar-refractivity contribution >= 4 is 29.2 Å². The predicted molar refractivity (Wildman–Crippen MR) is 72.5 cm³/mol. The molecule has 5 nitrogen and oxygen atoms in total. The maximum Gasteiger partial charge on any atom is 0.310 e. The van der Waals surface area contributed by atoms with Crippen LogP contribution in [0.15, 0.2) is 36.4 Å². The van der Waals surface area contributed by atoms with Crippen molar-refractivity contribution in [3.8, 4) is 0 Å². The summed E-state index contributed by atoms with van der Waals surface area (Å²) in [6.45, 7) is 0. The van der Waals surface area contributed by atoms with Gasteiger partial charge < -0.3 is 15.2 Å². The van der Waals surface area contributed by atoms with Gasteiger partial charge in [-0.3, -0.25) is 9.59 Å². The first-order valence-electron chi connectivity index (χ1n) is 6.20. The van der Waals surface area contributed by atoms with Crippen LogP contribution in [-0.2, 0) is 14.3 Å². The summed E-state index contributed by atoms with van der Waals surface area (Å²) in [6, 6.07) is 6.82. The summed E-state index contributed by atoms with van der Waals surface area (Å²) in [5, 5.41) is 12.3. The number of fused-ring (bicyclic) bond motifs is 2. The molecule has 104 valence electrons. The average molecular weight is 294 g/mol. The molecule has 2 N–H and O–H groups in total. The van der Waals surface area contributed by atoms with E-state index < -0.39 is 30.0 Å². The fraction of sp³-hybridized carbons (Fsp3) is 0.286. The first kappa shape index (κ1) is 13.1. The number of hydrogen-bond donors (Lipinski definition) is 2. The number of anilines is 1. The molecule has 1 aromatic carbocycles. The number of para-hydroxylation sites is 1. The molecular weight excluding hydrogens is 282 g/mol. The number of benzene rings is 1. The fourth-order valence-corrected chi connectivity index (χ4v) is 2.88. The van der Waals surface area contributed by atoms with Gasteiger partial charge in [-0.15, -0.1) is 0 Å². The van der Waals surface area contributed by atoms with Crippen LogP contribution in [0, 0.1) is 11.8 Å². The van der Waals surface area contributed by atoms with Gasteiger partial charge in [-0.05, 0) is 12.1 Å². The molecule has 0 aromatic heterocycles. The maximum atomic E-state index is 12.3. The zero-order chi connectivity index (χ0) is 14.3. The number of amides is 1. The number of carboxylic acid groups (broad SMARTS) is 1. The molecule has 4 atom stereocenters. The van der Waals surface area contributed by atoms with Crippen LogP contribution >= 0.6 is 11.6 Å². The zero-order valence-electron chi connectivity index (χ0n) is 10.3. The monoisotopic (exact) mass is 293 g/mol. The van der Waals surface area contributed by atoms with E-state index in [-0.39, 0.29) is 5.91 Å². The van der Waals surface area contributed by atoms with Crippen LogP contribution in [0.3, 0.4) is 0 Å². The molecule has 2 aliphatic rings. The minimum absolute atomic E-state index is 0.387. The van der Waals surface area contributed by atoms with Crippen LogP contribution in [0.4, 0.5) is 5.69 Å². The smallest absolute Gasteiger partial charge is 0.310 e. The number of carbonyl (C=O) groups excluding carboxylic acids is 1. The fourth-order valence-electron chi connectivity index (χ4n) is 2.69. The minimum atomic E-state index is -1.03. The lowest BCUT2D eigenvalue weighted by atomic mass is 9.82. The number of ether oxygens (including phenoxy) is 1. The van der Waals surface area contributed by atoms with Crippen molar-refractivity contribution in [1.29, 1.82) is 0 Å². The average Bonchev–Trinajstić information content (AvgIpc) is 3.01. The molecule has 0 radical (unpaired) electrons. The molecule has 0 aliphatic carbocycles. The Hall–Kier alpha value is -1.85. The molecule has 2 bridgehead atoms. The van der Waals surface area contributed by atoms with Crippen LogP contribution in [-0.4, -0.2) is 29.2 Å². The summed E-state index contributed by atoms with van der Waals surface area (Å²) < 4.78 is 5.46. The lowest BCUT2D eigenvalue weighted by Crippen LogP contribution is -2.39. The highest BCUT2D eigenvalue weighted by Gasteiger charge is 2.53. The Kier molecular flexibility index (Phi) is 3.23. The van der Waals surface area contributed by atoms with Crippen LogP contribution < -0.4 is 5.32 Å². The van der Waals surface area contributed by atoms with Gasteiger partial charge in [-0.2, -0.15) is 0 Å². The molecule has 1 saturated heterocycles. The summed E-state index contributed by atoms with van der Waals surface area (Å²) >= 11 is 5.98. The number of hydrogen-bond acceptors (Lipinski definition) is 3. The highest BCUT2D eigenvalue weighted by atomic mass is 35.5. The Morgan fingerprint density at radius 1 is 1.15 bits per heavy atom. The Labute approximate surface area is 120 Å². The van der Waals surface area contributed by atoms with E-state index in [1.807, 2.05) is 0 Å². The van der Waals surface area contributed by atoms with Gasteiger partial charge in [0.05, 0.1) is 28.8 Å². The summed E-state index contributed by atoms with van der Waals surface area (Å²) in [5.41, 5.74) is 0.468. The predicted octanol–water partition coefficient (Wildman–Crippen LogP) is 1.93. The van der Waals surface area contributed by atoms with Crippen molar-refractivity contribution in [2.45, 2.75) is 12.2 Å². The van der Waals surface area contributed by atoms with Crippen molar-refractivity contribution < 1.29 is 19.4 Å². The number of carbonyl (C=O) groups is 2. The second-order valence-corrected chi connectivity index (χ2v) is 5.22. The first-order chi connectivity index (χ1) is 9.58. The standard InChI is InChI=1S/C14H12ClNO4/c15-7-3-1-2-4-8(7)16-13(17)11-9-5-6-10(20-9)12(11)14(18)19/h1-6,9-12H,(H,16,17)(H,18,19). The molecule has 2 heterocycles. The van der Waals surface area contributed by atoms with Crippen molar-refractivity contribution in [1.82, 2.24) is 0 Å². The van der Waals surface area contributed by atoms with Crippen LogP contribution in [0.5, 0.6) is 0 Å². The second kappa shape index (κ2) is 4.92.